The highest BCUT2D eigenvalue weighted by molar-refractivity contribution is 7.91. The van der Waals surface area contributed by atoms with Crippen LogP contribution in [0.2, 0.25) is 4.34 Å². The maximum Gasteiger partial charge on any atom is 0.322 e. The number of carboxylic acids is 1. The summed E-state index contributed by atoms with van der Waals surface area (Å²) in [5.74, 6) is -1.10. The van der Waals surface area contributed by atoms with E-state index in [2.05, 4.69) is 0 Å². The lowest BCUT2D eigenvalue weighted by molar-refractivity contribution is -0.142. The number of nitrogens with zero attached hydrogens (tertiary/aromatic N) is 1. The van der Waals surface area contributed by atoms with Crippen LogP contribution in [0.25, 0.3) is 0 Å². The Hall–Kier alpha value is -0.630. The molecule has 100 valence electrons. The maximum absolute atomic E-state index is 12.3. The van der Waals surface area contributed by atoms with E-state index in [1.165, 1.54) is 12.1 Å². The predicted octanol–water partition coefficient (Wildman–Crippen LogP) is 2.03. The van der Waals surface area contributed by atoms with Crippen LogP contribution in [0.4, 0.5) is 0 Å². The van der Waals surface area contributed by atoms with Crippen LogP contribution in [0.15, 0.2) is 16.3 Å². The predicted molar refractivity (Wildman–Crippen MR) is 68.5 cm³/mol. The van der Waals surface area contributed by atoms with Crippen molar-refractivity contribution >= 4 is 38.9 Å². The van der Waals surface area contributed by atoms with Gasteiger partial charge in [-0.3, -0.25) is 4.79 Å². The Morgan fingerprint density at radius 1 is 1.44 bits per heavy atom. The van der Waals surface area contributed by atoms with Crippen LogP contribution in [0.3, 0.4) is 0 Å². The molecule has 0 amide bonds. The number of halogens is 1. The van der Waals surface area contributed by atoms with Crippen molar-refractivity contribution in [2.45, 2.75) is 29.5 Å². The molecule has 1 aromatic heterocycles. The lowest BCUT2D eigenvalue weighted by Gasteiger charge is -2.31. The summed E-state index contributed by atoms with van der Waals surface area (Å²) in [4.78, 5) is 11.1. The molecular formula is C10H12ClNO4S2. The largest absolute Gasteiger partial charge is 0.480 e. The van der Waals surface area contributed by atoms with Gasteiger partial charge >= 0.3 is 5.97 Å². The van der Waals surface area contributed by atoms with E-state index in [4.69, 9.17) is 16.7 Å². The fourth-order valence-corrected chi connectivity index (χ4v) is 5.25. The molecule has 1 fully saturated rings. The van der Waals surface area contributed by atoms with Crippen LogP contribution in [0.1, 0.15) is 19.3 Å². The van der Waals surface area contributed by atoms with Gasteiger partial charge in [0.25, 0.3) is 10.0 Å². The molecule has 0 saturated carbocycles. The van der Waals surface area contributed by atoms with E-state index in [1.807, 2.05) is 0 Å². The average molecular weight is 310 g/mol. The second-order valence-electron chi connectivity index (χ2n) is 4.02. The first-order chi connectivity index (χ1) is 8.43. The molecule has 1 aliphatic rings. The molecule has 1 atom stereocenters. The van der Waals surface area contributed by atoms with Crippen LogP contribution in [0.5, 0.6) is 0 Å². The van der Waals surface area contributed by atoms with E-state index in [9.17, 15) is 13.2 Å². The number of carboxylic acid groups (broad SMARTS) is 1. The lowest BCUT2D eigenvalue weighted by atomic mass is 10.1. The minimum Gasteiger partial charge on any atom is -0.480 e. The third kappa shape index (κ3) is 2.54. The zero-order chi connectivity index (χ0) is 13.3. The number of thiophene rings is 1. The van der Waals surface area contributed by atoms with Gasteiger partial charge in [-0.1, -0.05) is 11.6 Å². The summed E-state index contributed by atoms with van der Waals surface area (Å²) >= 11 is 6.67. The lowest BCUT2D eigenvalue weighted by Crippen LogP contribution is -2.47. The molecule has 1 aromatic rings. The standard InChI is InChI=1S/C10H12ClNO4S2/c11-8-4-5-9(17-8)18(15,16)12-6-2-1-3-7(12)10(13)14/h4-5,7H,1-3,6H2,(H,13,14)/t7-/m0/s1. The number of piperidine rings is 1. The van der Waals surface area contributed by atoms with Crippen molar-refractivity contribution in [3.8, 4) is 0 Å². The molecule has 2 heterocycles. The van der Waals surface area contributed by atoms with E-state index in [0.717, 1.165) is 22.1 Å². The monoisotopic (exact) mass is 309 g/mol. The quantitative estimate of drug-likeness (QED) is 0.927. The molecule has 0 spiro atoms. The highest BCUT2D eigenvalue weighted by atomic mass is 35.5. The summed E-state index contributed by atoms with van der Waals surface area (Å²) in [5.41, 5.74) is 0. The Labute approximate surface area is 114 Å². The SMILES string of the molecule is O=C(O)[C@@H]1CCCCN1S(=O)(=O)c1ccc(Cl)s1. The van der Waals surface area contributed by atoms with Crippen molar-refractivity contribution in [2.75, 3.05) is 6.54 Å². The second kappa shape index (κ2) is 5.16. The highest BCUT2D eigenvalue weighted by Crippen LogP contribution is 2.31. The molecule has 0 aliphatic carbocycles. The number of aliphatic carboxylic acids is 1. The van der Waals surface area contributed by atoms with Crippen molar-refractivity contribution in [3.05, 3.63) is 16.5 Å². The van der Waals surface area contributed by atoms with E-state index < -0.39 is 22.0 Å². The Bertz CT molecular complexity index is 554. The fraction of sp³-hybridized carbons (Fsp3) is 0.500. The topological polar surface area (TPSA) is 74.7 Å². The van der Waals surface area contributed by atoms with Crippen molar-refractivity contribution in [3.63, 3.8) is 0 Å². The molecule has 18 heavy (non-hydrogen) atoms. The summed E-state index contributed by atoms with van der Waals surface area (Å²) in [6, 6.07) is 1.94. The molecule has 1 aliphatic heterocycles. The van der Waals surface area contributed by atoms with Gasteiger partial charge in [0, 0.05) is 6.54 Å². The Kier molecular flexibility index (Phi) is 3.96. The smallest absolute Gasteiger partial charge is 0.322 e. The Balaban J connectivity index is 2.36. The van der Waals surface area contributed by atoms with Gasteiger partial charge < -0.3 is 5.11 Å². The number of sulfonamides is 1. The normalized spacial score (nSPS) is 21.9. The van der Waals surface area contributed by atoms with Gasteiger partial charge in [0.15, 0.2) is 0 Å². The van der Waals surface area contributed by atoms with Crippen LogP contribution in [-0.4, -0.2) is 36.4 Å². The van der Waals surface area contributed by atoms with Gasteiger partial charge in [-0.2, -0.15) is 4.31 Å². The molecule has 0 radical (unpaired) electrons. The number of hydrogen-bond acceptors (Lipinski definition) is 4. The van der Waals surface area contributed by atoms with Gasteiger partial charge in [-0.15, -0.1) is 11.3 Å². The van der Waals surface area contributed by atoms with Crippen molar-refractivity contribution < 1.29 is 18.3 Å². The van der Waals surface area contributed by atoms with Gasteiger partial charge in [-0.05, 0) is 31.4 Å². The second-order valence-corrected chi connectivity index (χ2v) is 7.86. The molecule has 8 heteroatoms. The Morgan fingerprint density at radius 3 is 2.72 bits per heavy atom. The van der Waals surface area contributed by atoms with Crippen LogP contribution >= 0.6 is 22.9 Å². The summed E-state index contributed by atoms with van der Waals surface area (Å²) in [7, 11) is -3.75. The van der Waals surface area contributed by atoms with Crippen molar-refractivity contribution in [1.29, 1.82) is 0 Å². The summed E-state index contributed by atoms with van der Waals surface area (Å²) in [6.45, 7) is 0.245. The number of carbonyl (C=O) groups is 1. The van der Waals surface area contributed by atoms with Crippen molar-refractivity contribution in [2.24, 2.45) is 0 Å². The van der Waals surface area contributed by atoms with Crippen LogP contribution < -0.4 is 0 Å². The molecule has 0 bridgehead atoms. The summed E-state index contributed by atoms with van der Waals surface area (Å²) in [6.07, 6.45) is 1.77. The van der Waals surface area contributed by atoms with E-state index in [1.54, 1.807) is 0 Å². The van der Waals surface area contributed by atoms with Gasteiger partial charge in [0.05, 0.1) is 4.34 Å². The minimum absolute atomic E-state index is 0.0978. The van der Waals surface area contributed by atoms with Crippen LogP contribution in [0, 0.1) is 0 Å². The first-order valence-corrected chi connectivity index (χ1v) is 8.06. The van der Waals surface area contributed by atoms with Gasteiger partial charge in [0.2, 0.25) is 0 Å². The number of rotatable bonds is 3. The maximum atomic E-state index is 12.3. The molecule has 0 aromatic carbocycles. The highest BCUT2D eigenvalue weighted by Gasteiger charge is 2.38. The molecule has 2 rings (SSSR count). The van der Waals surface area contributed by atoms with E-state index in [0.29, 0.717) is 17.2 Å². The van der Waals surface area contributed by atoms with Crippen molar-refractivity contribution in [1.82, 2.24) is 4.31 Å². The van der Waals surface area contributed by atoms with Gasteiger partial charge in [-0.25, -0.2) is 8.42 Å². The molecule has 1 N–H and O–H groups in total. The molecule has 5 nitrogen and oxygen atoms in total. The fourth-order valence-electron chi connectivity index (χ4n) is 1.99. The van der Waals surface area contributed by atoms with E-state index in [-0.39, 0.29) is 10.8 Å². The van der Waals surface area contributed by atoms with Gasteiger partial charge in [0.1, 0.15) is 10.3 Å². The zero-order valence-corrected chi connectivity index (χ0v) is 11.8. The van der Waals surface area contributed by atoms with E-state index >= 15 is 0 Å². The third-order valence-electron chi connectivity index (χ3n) is 2.85. The minimum atomic E-state index is -3.75. The first kappa shape index (κ1) is 13.8. The van der Waals surface area contributed by atoms with Crippen LogP contribution in [-0.2, 0) is 14.8 Å². The molecule has 1 saturated heterocycles. The Morgan fingerprint density at radius 2 is 2.17 bits per heavy atom. The zero-order valence-electron chi connectivity index (χ0n) is 9.37. The molecule has 0 unspecified atom stereocenters. The molecular weight excluding hydrogens is 298 g/mol. The third-order valence-corrected chi connectivity index (χ3v) is 6.46. The summed E-state index contributed by atoms with van der Waals surface area (Å²) < 4.78 is 26.2. The summed E-state index contributed by atoms with van der Waals surface area (Å²) in [5, 5.41) is 9.10. The number of hydrogen-bond donors (Lipinski definition) is 1. The first-order valence-electron chi connectivity index (χ1n) is 5.43. The average Bonchev–Trinajstić information content (AvgIpc) is 2.76.